The van der Waals surface area contributed by atoms with E-state index < -0.39 is 0 Å². The number of nitrogens with zero attached hydrogens (tertiary/aromatic N) is 1. The van der Waals surface area contributed by atoms with Crippen molar-refractivity contribution in [3.8, 4) is 0 Å². The molecular formula is C16H26N2O. The topological polar surface area (TPSA) is 24.5 Å². The molecule has 19 heavy (non-hydrogen) atoms. The molecule has 0 spiro atoms. The molecular weight excluding hydrogens is 236 g/mol. The first-order valence-corrected chi connectivity index (χ1v) is 7.33. The predicted octanol–water partition coefficient (Wildman–Crippen LogP) is 2.90. The molecule has 2 rings (SSSR count). The highest BCUT2D eigenvalue weighted by atomic mass is 16.5. The van der Waals surface area contributed by atoms with Gasteiger partial charge in [0.25, 0.3) is 0 Å². The fraction of sp³-hybridized carbons (Fsp3) is 0.625. The van der Waals surface area contributed by atoms with Crippen LogP contribution in [0, 0.1) is 0 Å². The molecule has 1 aromatic rings. The minimum absolute atomic E-state index is 0.462. The van der Waals surface area contributed by atoms with Crippen LogP contribution in [0.5, 0.6) is 0 Å². The Labute approximate surface area is 116 Å². The van der Waals surface area contributed by atoms with E-state index in [1.165, 1.54) is 29.7 Å². The van der Waals surface area contributed by atoms with Crippen LogP contribution in [-0.2, 0) is 17.7 Å². The minimum Gasteiger partial charge on any atom is -0.385 e. The fourth-order valence-corrected chi connectivity index (χ4v) is 2.79. The highest BCUT2D eigenvalue weighted by Crippen LogP contribution is 2.23. The van der Waals surface area contributed by atoms with Gasteiger partial charge in [-0.3, -0.25) is 4.90 Å². The number of ether oxygens (including phenoxy) is 1. The number of methoxy groups -OCH3 is 1. The van der Waals surface area contributed by atoms with Crippen molar-refractivity contribution in [2.45, 2.75) is 39.3 Å². The molecule has 0 saturated heterocycles. The molecule has 3 nitrogen and oxygen atoms in total. The van der Waals surface area contributed by atoms with Gasteiger partial charge < -0.3 is 10.1 Å². The maximum Gasteiger partial charge on any atom is 0.0615 e. The van der Waals surface area contributed by atoms with Crippen molar-refractivity contribution in [3.05, 3.63) is 29.3 Å². The molecule has 1 heterocycles. The summed E-state index contributed by atoms with van der Waals surface area (Å²) in [5, 5.41) is 3.47. The quantitative estimate of drug-likeness (QED) is 0.853. The Balaban J connectivity index is 2.05. The lowest BCUT2D eigenvalue weighted by Gasteiger charge is -2.28. The van der Waals surface area contributed by atoms with E-state index in [-0.39, 0.29) is 0 Å². The zero-order chi connectivity index (χ0) is 13.7. The van der Waals surface area contributed by atoms with Crippen LogP contribution in [0.2, 0.25) is 0 Å². The van der Waals surface area contributed by atoms with Crippen molar-refractivity contribution in [1.82, 2.24) is 4.90 Å². The Bertz CT molecular complexity index is 406. The van der Waals surface area contributed by atoms with Crippen LogP contribution in [0.15, 0.2) is 18.2 Å². The second kappa shape index (κ2) is 6.92. The molecule has 1 aromatic carbocycles. The predicted molar refractivity (Wildman–Crippen MR) is 80.7 cm³/mol. The second-order valence-corrected chi connectivity index (χ2v) is 5.39. The number of likely N-dealkylation sites (N-methyl/N-ethyl adjacent to an activating group) is 1. The Morgan fingerprint density at radius 1 is 1.42 bits per heavy atom. The van der Waals surface area contributed by atoms with Gasteiger partial charge in [0.2, 0.25) is 0 Å². The molecule has 0 fully saturated rings. The summed E-state index contributed by atoms with van der Waals surface area (Å²) in [5.74, 6) is 0. The Morgan fingerprint density at radius 2 is 2.26 bits per heavy atom. The summed E-state index contributed by atoms with van der Waals surface area (Å²) in [4.78, 5) is 2.46. The average molecular weight is 262 g/mol. The third-order valence-corrected chi connectivity index (χ3v) is 3.93. The summed E-state index contributed by atoms with van der Waals surface area (Å²) >= 11 is 0. The van der Waals surface area contributed by atoms with Crippen LogP contribution in [0.25, 0.3) is 0 Å². The van der Waals surface area contributed by atoms with Gasteiger partial charge in [-0.1, -0.05) is 19.1 Å². The molecule has 0 saturated carbocycles. The zero-order valence-electron chi connectivity index (χ0n) is 12.4. The highest BCUT2D eigenvalue weighted by Gasteiger charge is 2.14. The Morgan fingerprint density at radius 3 is 3.00 bits per heavy atom. The van der Waals surface area contributed by atoms with Gasteiger partial charge >= 0.3 is 0 Å². The fourth-order valence-electron chi connectivity index (χ4n) is 2.79. The van der Waals surface area contributed by atoms with Crippen LogP contribution in [0.1, 0.15) is 31.4 Å². The van der Waals surface area contributed by atoms with Gasteiger partial charge in [-0.15, -0.1) is 0 Å². The van der Waals surface area contributed by atoms with Gasteiger partial charge in [0.15, 0.2) is 0 Å². The third-order valence-electron chi connectivity index (χ3n) is 3.93. The second-order valence-electron chi connectivity index (χ2n) is 5.39. The van der Waals surface area contributed by atoms with Crippen molar-refractivity contribution < 1.29 is 4.74 Å². The van der Waals surface area contributed by atoms with E-state index >= 15 is 0 Å². The van der Waals surface area contributed by atoms with E-state index in [0.29, 0.717) is 6.04 Å². The molecule has 3 heteroatoms. The first-order chi connectivity index (χ1) is 9.24. The van der Waals surface area contributed by atoms with Crippen molar-refractivity contribution in [1.29, 1.82) is 0 Å². The molecule has 0 bridgehead atoms. The Hall–Kier alpha value is -1.06. The summed E-state index contributed by atoms with van der Waals surface area (Å²) in [6.45, 7) is 8.41. The van der Waals surface area contributed by atoms with E-state index in [1.807, 2.05) is 0 Å². The van der Waals surface area contributed by atoms with Gasteiger partial charge in [0.05, 0.1) is 6.61 Å². The van der Waals surface area contributed by atoms with Gasteiger partial charge in [0.1, 0.15) is 0 Å². The summed E-state index contributed by atoms with van der Waals surface area (Å²) < 4.78 is 5.26. The van der Waals surface area contributed by atoms with E-state index in [2.05, 4.69) is 42.3 Å². The smallest absolute Gasteiger partial charge is 0.0615 e. The standard InChI is InChI=1S/C16H26N2O/c1-4-18(13(2)12-19-3)11-14-7-8-16-15(10-14)6-5-9-17-16/h7-8,10,13,17H,4-6,9,11-12H2,1-3H3. The number of hydrogen-bond acceptors (Lipinski definition) is 3. The van der Waals surface area contributed by atoms with Crippen LogP contribution in [0.3, 0.4) is 0 Å². The molecule has 1 N–H and O–H groups in total. The highest BCUT2D eigenvalue weighted by molar-refractivity contribution is 5.54. The number of aryl methyl sites for hydroxylation is 1. The van der Waals surface area contributed by atoms with Crippen molar-refractivity contribution >= 4 is 5.69 Å². The average Bonchev–Trinajstić information content (AvgIpc) is 2.44. The molecule has 1 aliphatic heterocycles. The summed E-state index contributed by atoms with van der Waals surface area (Å²) in [5.41, 5.74) is 4.20. The monoisotopic (exact) mass is 262 g/mol. The molecule has 1 atom stereocenters. The molecule has 0 amide bonds. The van der Waals surface area contributed by atoms with E-state index in [9.17, 15) is 0 Å². The molecule has 1 aliphatic rings. The molecule has 0 aliphatic carbocycles. The van der Waals surface area contributed by atoms with Gasteiger partial charge in [-0.05, 0) is 43.5 Å². The lowest BCUT2D eigenvalue weighted by molar-refractivity contribution is 0.0982. The Kier molecular flexibility index (Phi) is 5.23. The molecule has 0 radical (unpaired) electrons. The summed E-state index contributed by atoms with van der Waals surface area (Å²) in [7, 11) is 1.77. The summed E-state index contributed by atoms with van der Waals surface area (Å²) in [6.07, 6.45) is 2.45. The maximum absolute atomic E-state index is 5.26. The van der Waals surface area contributed by atoms with Crippen molar-refractivity contribution in [2.75, 3.05) is 32.1 Å². The number of hydrogen-bond donors (Lipinski definition) is 1. The number of anilines is 1. The van der Waals surface area contributed by atoms with E-state index in [0.717, 1.165) is 26.2 Å². The van der Waals surface area contributed by atoms with Crippen LogP contribution in [-0.4, -0.2) is 37.7 Å². The first-order valence-electron chi connectivity index (χ1n) is 7.33. The normalized spacial score (nSPS) is 16.0. The lowest BCUT2D eigenvalue weighted by atomic mass is 10.0. The van der Waals surface area contributed by atoms with E-state index in [1.54, 1.807) is 7.11 Å². The van der Waals surface area contributed by atoms with Crippen LogP contribution >= 0.6 is 0 Å². The molecule has 0 aromatic heterocycles. The number of benzene rings is 1. The SMILES string of the molecule is CCN(Cc1ccc2c(c1)CCCN2)C(C)COC. The lowest BCUT2D eigenvalue weighted by Crippen LogP contribution is -2.35. The van der Waals surface area contributed by atoms with Gasteiger partial charge in [-0.2, -0.15) is 0 Å². The maximum atomic E-state index is 5.26. The zero-order valence-corrected chi connectivity index (χ0v) is 12.4. The van der Waals surface area contributed by atoms with E-state index in [4.69, 9.17) is 4.74 Å². The van der Waals surface area contributed by atoms with Crippen LogP contribution in [0.4, 0.5) is 5.69 Å². The number of nitrogens with one attached hydrogen (secondary N) is 1. The molecule has 1 unspecified atom stereocenters. The largest absolute Gasteiger partial charge is 0.385 e. The van der Waals surface area contributed by atoms with Gasteiger partial charge in [-0.25, -0.2) is 0 Å². The number of rotatable bonds is 6. The molecule has 106 valence electrons. The summed E-state index contributed by atoms with van der Waals surface area (Å²) in [6, 6.07) is 7.31. The van der Waals surface area contributed by atoms with Gasteiger partial charge in [0, 0.05) is 31.9 Å². The third kappa shape index (κ3) is 3.71. The van der Waals surface area contributed by atoms with Crippen LogP contribution < -0.4 is 5.32 Å². The minimum atomic E-state index is 0.462. The van der Waals surface area contributed by atoms with Crippen molar-refractivity contribution in [2.24, 2.45) is 0 Å². The first kappa shape index (κ1) is 14.4. The van der Waals surface area contributed by atoms with Crippen molar-refractivity contribution in [3.63, 3.8) is 0 Å². The number of fused-ring (bicyclic) bond motifs is 1.